The van der Waals surface area contributed by atoms with Crippen LogP contribution in [0.2, 0.25) is 5.02 Å². The van der Waals surface area contributed by atoms with Gasteiger partial charge in [-0.2, -0.15) is 0 Å². The SMILES string of the molecule is CN(CC(=O)NC1CC1)C(=O)COC(=O)c1ccc(Cl)c(N)c1. The van der Waals surface area contributed by atoms with Crippen molar-refractivity contribution in [3.8, 4) is 0 Å². The summed E-state index contributed by atoms with van der Waals surface area (Å²) >= 11 is 5.77. The van der Waals surface area contributed by atoms with Gasteiger partial charge in [-0.1, -0.05) is 11.6 Å². The number of anilines is 1. The molecule has 124 valence electrons. The van der Waals surface area contributed by atoms with E-state index in [9.17, 15) is 14.4 Å². The molecule has 2 amide bonds. The van der Waals surface area contributed by atoms with E-state index in [4.69, 9.17) is 22.1 Å². The van der Waals surface area contributed by atoms with Gasteiger partial charge in [0.25, 0.3) is 5.91 Å². The third-order valence-corrected chi connectivity index (χ3v) is 3.65. The molecular formula is C15H18ClN3O4. The highest BCUT2D eigenvalue weighted by Crippen LogP contribution is 2.20. The molecule has 0 atom stereocenters. The maximum atomic E-state index is 11.9. The molecule has 0 heterocycles. The Bertz CT molecular complexity index is 631. The number of hydrogen-bond acceptors (Lipinski definition) is 5. The number of nitrogens with one attached hydrogen (secondary N) is 1. The summed E-state index contributed by atoms with van der Waals surface area (Å²) in [5.41, 5.74) is 6.06. The molecule has 0 saturated heterocycles. The lowest BCUT2D eigenvalue weighted by atomic mass is 10.2. The van der Waals surface area contributed by atoms with Crippen LogP contribution in [0, 0.1) is 0 Å². The van der Waals surface area contributed by atoms with Crippen molar-refractivity contribution < 1.29 is 19.1 Å². The zero-order valence-corrected chi connectivity index (χ0v) is 13.4. The monoisotopic (exact) mass is 339 g/mol. The average Bonchev–Trinajstić information content (AvgIpc) is 3.30. The molecule has 1 aromatic rings. The van der Waals surface area contributed by atoms with Crippen molar-refractivity contribution in [3.05, 3.63) is 28.8 Å². The van der Waals surface area contributed by atoms with Gasteiger partial charge in [0.2, 0.25) is 5.91 Å². The number of nitrogens with two attached hydrogens (primary N) is 1. The summed E-state index contributed by atoms with van der Waals surface area (Å²) in [6.07, 6.45) is 1.95. The van der Waals surface area contributed by atoms with E-state index < -0.39 is 18.5 Å². The fraction of sp³-hybridized carbons (Fsp3) is 0.400. The van der Waals surface area contributed by atoms with Gasteiger partial charge in [0.05, 0.1) is 22.8 Å². The molecule has 0 aromatic heterocycles. The summed E-state index contributed by atoms with van der Waals surface area (Å²) in [5, 5.41) is 3.11. The summed E-state index contributed by atoms with van der Waals surface area (Å²) in [4.78, 5) is 36.5. The van der Waals surface area contributed by atoms with E-state index in [-0.39, 0.29) is 29.7 Å². The molecule has 0 bridgehead atoms. The van der Waals surface area contributed by atoms with Crippen molar-refractivity contribution in [2.45, 2.75) is 18.9 Å². The molecule has 7 nitrogen and oxygen atoms in total. The summed E-state index contributed by atoms with van der Waals surface area (Å²) in [7, 11) is 1.48. The molecule has 8 heteroatoms. The first-order chi connectivity index (χ1) is 10.9. The van der Waals surface area contributed by atoms with Crippen molar-refractivity contribution in [2.24, 2.45) is 0 Å². The minimum atomic E-state index is -0.683. The van der Waals surface area contributed by atoms with Crippen LogP contribution in [0.1, 0.15) is 23.2 Å². The smallest absolute Gasteiger partial charge is 0.338 e. The van der Waals surface area contributed by atoms with Gasteiger partial charge in [0.1, 0.15) is 0 Å². The van der Waals surface area contributed by atoms with Gasteiger partial charge >= 0.3 is 5.97 Å². The van der Waals surface area contributed by atoms with E-state index in [0.717, 1.165) is 12.8 Å². The van der Waals surface area contributed by atoms with Crippen LogP contribution in [0.3, 0.4) is 0 Å². The van der Waals surface area contributed by atoms with Gasteiger partial charge in [-0.25, -0.2) is 4.79 Å². The number of benzene rings is 1. The molecule has 3 N–H and O–H groups in total. The molecule has 1 aliphatic carbocycles. The van der Waals surface area contributed by atoms with Crippen LogP contribution in [0.4, 0.5) is 5.69 Å². The number of ether oxygens (including phenoxy) is 1. The first-order valence-electron chi connectivity index (χ1n) is 7.12. The molecule has 1 aliphatic rings. The molecule has 0 radical (unpaired) electrons. The van der Waals surface area contributed by atoms with Crippen molar-refractivity contribution in [3.63, 3.8) is 0 Å². The molecule has 0 aliphatic heterocycles. The number of carbonyl (C=O) groups is 3. The second-order valence-corrected chi connectivity index (χ2v) is 5.81. The molecule has 0 spiro atoms. The summed E-state index contributed by atoms with van der Waals surface area (Å²) in [6.45, 7) is -0.519. The largest absolute Gasteiger partial charge is 0.452 e. The van der Waals surface area contributed by atoms with Crippen LogP contribution >= 0.6 is 11.6 Å². The Morgan fingerprint density at radius 1 is 1.39 bits per heavy atom. The van der Waals surface area contributed by atoms with Crippen LogP contribution in [-0.2, 0) is 14.3 Å². The van der Waals surface area contributed by atoms with E-state index in [1.165, 1.54) is 30.1 Å². The zero-order valence-electron chi connectivity index (χ0n) is 12.7. The van der Waals surface area contributed by atoms with Crippen LogP contribution in [0.25, 0.3) is 0 Å². The van der Waals surface area contributed by atoms with Crippen molar-refractivity contribution in [2.75, 3.05) is 25.9 Å². The number of halogens is 1. The number of nitrogens with zero attached hydrogens (tertiary/aromatic N) is 1. The van der Waals surface area contributed by atoms with Crippen molar-refractivity contribution >= 4 is 35.1 Å². The first kappa shape index (κ1) is 17.1. The molecule has 2 rings (SSSR count). The standard InChI is InChI=1S/C15H18ClN3O4/c1-19(7-13(20)18-10-3-4-10)14(21)8-23-15(22)9-2-5-11(16)12(17)6-9/h2,5-6,10H,3-4,7-8,17H2,1H3,(H,18,20). The molecule has 23 heavy (non-hydrogen) atoms. The summed E-state index contributed by atoms with van der Waals surface area (Å²) < 4.78 is 4.92. The quantitative estimate of drug-likeness (QED) is 0.590. The minimum Gasteiger partial charge on any atom is -0.452 e. The Hall–Kier alpha value is -2.28. The highest BCUT2D eigenvalue weighted by atomic mass is 35.5. The van der Waals surface area contributed by atoms with Gasteiger partial charge in [-0.3, -0.25) is 9.59 Å². The number of amides is 2. The van der Waals surface area contributed by atoms with Crippen LogP contribution < -0.4 is 11.1 Å². The van der Waals surface area contributed by atoms with E-state index in [0.29, 0.717) is 5.02 Å². The predicted octanol–water partition coefficient (Wildman–Crippen LogP) is 0.816. The number of esters is 1. The lowest BCUT2D eigenvalue weighted by molar-refractivity contribution is -0.137. The zero-order chi connectivity index (χ0) is 17.0. The average molecular weight is 340 g/mol. The Morgan fingerprint density at radius 2 is 2.09 bits per heavy atom. The molecular weight excluding hydrogens is 322 g/mol. The maximum absolute atomic E-state index is 11.9. The molecule has 1 saturated carbocycles. The van der Waals surface area contributed by atoms with Crippen LogP contribution in [0.5, 0.6) is 0 Å². The fourth-order valence-electron chi connectivity index (χ4n) is 1.80. The van der Waals surface area contributed by atoms with E-state index in [2.05, 4.69) is 5.32 Å². The fourth-order valence-corrected chi connectivity index (χ4v) is 1.91. The second kappa shape index (κ2) is 7.32. The highest BCUT2D eigenvalue weighted by Gasteiger charge is 2.24. The Labute approximate surface area is 138 Å². The number of rotatable bonds is 6. The van der Waals surface area contributed by atoms with Gasteiger partial charge in [0.15, 0.2) is 6.61 Å². The molecule has 0 unspecified atom stereocenters. The topological polar surface area (TPSA) is 102 Å². The lowest BCUT2D eigenvalue weighted by Gasteiger charge is -2.16. The van der Waals surface area contributed by atoms with Crippen LogP contribution in [0.15, 0.2) is 18.2 Å². The maximum Gasteiger partial charge on any atom is 0.338 e. The van der Waals surface area contributed by atoms with Gasteiger partial charge in [-0.15, -0.1) is 0 Å². The van der Waals surface area contributed by atoms with E-state index in [1.54, 1.807) is 0 Å². The second-order valence-electron chi connectivity index (χ2n) is 5.40. The van der Waals surface area contributed by atoms with Gasteiger partial charge < -0.3 is 20.7 Å². The Balaban J connectivity index is 1.79. The summed E-state index contributed by atoms with van der Waals surface area (Å²) in [6, 6.07) is 4.54. The van der Waals surface area contributed by atoms with Gasteiger partial charge in [0, 0.05) is 13.1 Å². The lowest BCUT2D eigenvalue weighted by Crippen LogP contribution is -2.40. The minimum absolute atomic E-state index is 0.0687. The predicted molar refractivity (Wildman–Crippen MR) is 84.9 cm³/mol. The van der Waals surface area contributed by atoms with E-state index in [1.807, 2.05) is 0 Å². The Morgan fingerprint density at radius 3 is 2.70 bits per heavy atom. The van der Waals surface area contributed by atoms with Crippen molar-refractivity contribution in [1.29, 1.82) is 0 Å². The number of carbonyl (C=O) groups excluding carboxylic acids is 3. The molecule has 1 fully saturated rings. The Kier molecular flexibility index (Phi) is 5.44. The number of hydrogen-bond donors (Lipinski definition) is 2. The molecule has 1 aromatic carbocycles. The number of likely N-dealkylation sites (N-methyl/N-ethyl adjacent to an activating group) is 1. The summed E-state index contributed by atoms with van der Waals surface area (Å²) in [5.74, 6) is -1.37. The third kappa shape index (κ3) is 5.14. The normalized spacial score (nSPS) is 13.3. The first-order valence-corrected chi connectivity index (χ1v) is 7.50. The van der Waals surface area contributed by atoms with Crippen LogP contribution in [-0.4, -0.2) is 48.9 Å². The van der Waals surface area contributed by atoms with Gasteiger partial charge in [-0.05, 0) is 31.0 Å². The third-order valence-electron chi connectivity index (χ3n) is 3.31. The number of nitrogen functional groups attached to an aromatic ring is 1. The van der Waals surface area contributed by atoms with Crippen molar-refractivity contribution in [1.82, 2.24) is 10.2 Å². The highest BCUT2D eigenvalue weighted by molar-refractivity contribution is 6.33. The van der Waals surface area contributed by atoms with E-state index >= 15 is 0 Å².